The van der Waals surface area contributed by atoms with E-state index >= 15 is 0 Å². The fourth-order valence-electron chi connectivity index (χ4n) is 3.92. The van der Waals surface area contributed by atoms with Crippen molar-refractivity contribution in [2.45, 2.75) is 67.7 Å². The number of anilines is 1. The Morgan fingerprint density at radius 3 is 2.44 bits per heavy atom. The van der Waals surface area contributed by atoms with Gasteiger partial charge in [-0.1, -0.05) is 66.5 Å². The van der Waals surface area contributed by atoms with E-state index in [-0.39, 0.29) is 16.4 Å². The molecule has 0 saturated heterocycles. The number of hydrogen-bond acceptors (Lipinski definition) is 4. The van der Waals surface area contributed by atoms with Gasteiger partial charge in [0.05, 0.1) is 5.56 Å². The number of carboxylic acid groups (broad SMARTS) is 1. The highest BCUT2D eigenvalue weighted by molar-refractivity contribution is 5.87. The van der Waals surface area contributed by atoms with Crippen LogP contribution in [-0.4, -0.2) is 35.9 Å². The van der Waals surface area contributed by atoms with Crippen LogP contribution in [0, 0.1) is 22.7 Å². The summed E-state index contributed by atoms with van der Waals surface area (Å²) in [5.74, 6) is 0.657. The second-order valence-corrected chi connectivity index (χ2v) is 11.0. The summed E-state index contributed by atoms with van der Waals surface area (Å²) in [5.41, 5.74) is 3.01. The molecule has 32 heavy (non-hydrogen) atoms. The van der Waals surface area contributed by atoms with Crippen LogP contribution in [0.25, 0.3) is 0 Å². The van der Waals surface area contributed by atoms with Gasteiger partial charge in [0, 0.05) is 25.5 Å². The van der Waals surface area contributed by atoms with Gasteiger partial charge in [-0.3, -0.25) is 0 Å². The Bertz CT molecular complexity index is 868. The van der Waals surface area contributed by atoms with Gasteiger partial charge in [0.15, 0.2) is 0 Å². The molecule has 0 aliphatic heterocycles. The summed E-state index contributed by atoms with van der Waals surface area (Å²) in [6.07, 6.45) is 11.1. The molecule has 1 aliphatic rings. The number of aliphatic imine (C=N–C) groups is 1. The average Bonchev–Trinajstić information content (AvgIpc) is 2.72. The lowest BCUT2D eigenvalue weighted by Gasteiger charge is -2.39. The van der Waals surface area contributed by atoms with E-state index in [0.717, 1.165) is 37.3 Å². The van der Waals surface area contributed by atoms with Crippen molar-refractivity contribution in [3.8, 4) is 0 Å². The smallest absolute Gasteiger partial charge is 0.337 e. The van der Waals surface area contributed by atoms with E-state index in [1.807, 2.05) is 19.3 Å². The second kappa shape index (κ2) is 10.5. The molecular weight excluding hydrogens is 398 g/mol. The number of aromatic carboxylic acids is 1. The number of aromatic nitrogens is 1. The van der Waals surface area contributed by atoms with Gasteiger partial charge < -0.3 is 15.0 Å². The summed E-state index contributed by atoms with van der Waals surface area (Å²) >= 11 is 0. The van der Waals surface area contributed by atoms with Gasteiger partial charge in [-0.25, -0.2) is 9.78 Å². The third-order valence-electron chi connectivity index (χ3n) is 6.43. The van der Waals surface area contributed by atoms with E-state index in [0.29, 0.717) is 11.8 Å². The summed E-state index contributed by atoms with van der Waals surface area (Å²) in [6.45, 7) is 16.7. The maximum Gasteiger partial charge on any atom is 0.337 e. The molecule has 0 aromatic carbocycles. The molecule has 1 N–H and O–H groups in total. The van der Waals surface area contributed by atoms with Crippen molar-refractivity contribution in [2.24, 2.45) is 27.7 Å². The minimum absolute atomic E-state index is 0.0777. The maximum absolute atomic E-state index is 11.3. The molecule has 2 atom stereocenters. The highest BCUT2D eigenvalue weighted by Gasteiger charge is 2.32. The van der Waals surface area contributed by atoms with Crippen molar-refractivity contribution >= 4 is 18.0 Å². The first-order valence-electron chi connectivity index (χ1n) is 11.7. The van der Waals surface area contributed by atoms with Crippen LogP contribution < -0.4 is 4.90 Å². The van der Waals surface area contributed by atoms with Crippen molar-refractivity contribution in [2.75, 3.05) is 18.5 Å². The number of rotatable bonds is 8. The highest BCUT2D eigenvalue weighted by Crippen LogP contribution is 2.43. The van der Waals surface area contributed by atoms with E-state index in [9.17, 15) is 9.90 Å². The van der Waals surface area contributed by atoms with Gasteiger partial charge in [-0.05, 0) is 59.9 Å². The van der Waals surface area contributed by atoms with Crippen LogP contribution in [-0.2, 0) is 0 Å². The standard InChI is InChI=1S/C27H41N3O2/c1-9-19(12-13-28-8)18-30(24-11-10-20(17-29-24)25(31)32)23-15-21(26(2,3)4)14-22(16-23)27(5,6)7/h10-11,13,15-17,19,21H,9,12,14,18H2,1-8H3,(H,31,32)/b28-13-. The number of hydrogen-bond donors (Lipinski definition) is 1. The van der Waals surface area contributed by atoms with Crippen molar-refractivity contribution in [1.29, 1.82) is 0 Å². The van der Waals surface area contributed by atoms with Gasteiger partial charge in [-0.2, -0.15) is 0 Å². The van der Waals surface area contributed by atoms with Crippen molar-refractivity contribution in [3.05, 3.63) is 47.3 Å². The summed E-state index contributed by atoms with van der Waals surface area (Å²) in [6, 6.07) is 3.47. The Morgan fingerprint density at radius 1 is 1.28 bits per heavy atom. The van der Waals surface area contributed by atoms with E-state index in [4.69, 9.17) is 0 Å². The van der Waals surface area contributed by atoms with Crippen molar-refractivity contribution in [1.82, 2.24) is 4.98 Å². The predicted molar refractivity (Wildman–Crippen MR) is 135 cm³/mol. The van der Waals surface area contributed by atoms with Gasteiger partial charge in [0.2, 0.25) is 0 Å². The third-order valence-corrected chi connectivity index (χ3v) is 6.43. The molecule has 0 radical (unpaired) electrons. The number of carbonyl (C=O) groups is 1. The maximum atomic E-state index is 11.3. The SMILES string of the molecule is CCC(C/C=N\C)CN(C1=CC(C(C)(C)C)CC(C(C)(C)C)=C1)c1ccc(C(=O)O)cn1. The Balaban J connectivity index is 2.57. The fourth-order valence-corrected chi connectivity index (χ4v) is 3.92. The molecule has 0 saturated carbocycles. The molecule has 5 heteroatoms. The first-order chi connectivity index (χ1) is 14.9. The molecule has 1 heterocycles. The quantitative estimate of drug-likeness (QED) is 0.462. The van der Waals surface area contributed by atoms with Crippen LogP contribution in [0.15, 0.2) is 46.7 Å². The van der Waals surface area contributed by atoms with E-state index in [1.165, 1.54) is 11.8 Å². The topological polar surface area (TPSA) is 65.8 Å². The molecule has 2 rings (SSSR count). The van der Waals surface area contributed by atoms with Crippen LogP contribution in [0.4, 0.5) is 5.82 Å². The predicted octanol–water partition coefficient (Wildman–Crippen LogP) is 6.63. The number of pyridine rings is 1. The molecule has 1 aromatic heterocycles. The zero-order chi connectivity index (χ0) is 24.1. The van der Waals surface area contributed by atoms with Gasteiger partial charge >= 0.3 is 5.97 Å². The number of carboxylic acids is 1. The molecule has 1 aromatic rings. The number of nitrogens with zero attached hydrogens (tertiary/aromatic N) is 3. The molecular formula is C27H41N3O2. The van der Waals surface area contributed by atoms with Crippen molar-refractivity contribution < 1.29 is 9.90 Å². The van der Waals surface area contributed by atoms with E-state index < -0.39 is 5.97 Å². The third kappa shape index (κ3) is 6.78. The number of allylic oxidation sites excluding steroid dienone is 3. The molecule has 0 amide bonds. The van der Waals surface area contributed by atoms with Crippen molar-refractivity contribution in [3.63, 3.8) is 0 Å². The summed E-state index contributed by atoms with van der Waals surface area (Å²) in [4.78, 5) is 22.4. The Hall–Kier alpha value is -2.43. The second-order valence-electron chi connectivity index (χ2n) is 11.0. The monoisotopic (exact) mass is 439 g/mol. The Kier molecular flexibility index (Phi) is 8.44. The van der Waals surface area contributed by atoms with E-state index in [1.54, 1.807) is 6.07 Å². The minimum Gasteiger partial charge on any atom is -0.478 e. The first-order valence-corrected chi connectivity index (χ1v) is 11.7. The largest absolute Gasteiger partial charge is 0.478 e. The fraction of sp³-hybridized carbons (Fsp3) is 0.593. The van der Waals surface area contributed by atoms with Gasteiger partial charge in [0.1, 0.15) is 5.82 Å². The zero-order valence-corrected chi connectivity index (χ0v) is 21.1. The molecule has 0 fully saturated rings. The van der Waals surface area contributed by atoms with E-state index in [2.05, 4.69) is 75.5 Å². The lowest BCUT2D eigenvalue weighted by atomic mass is 9.70. The van der Waals surface area contributed by atoms with Crippen LogP contribution in [0.3, 0.4) is 0 Å². The summed E-state index contributed by atoms with van der Waals surface area (Å²) in [7, 11) is 1.81. The minimum atomic E-state index is -0.958. The van der Waals surface area contributed by atoms with Crippen LogP contribution in [0.5, 0.6) is 0 Å². The van der Waals surface area contributed by atoms with Crippen LogP contribution in [0.2, 0.25) is 0 Å². The van der Waals surface area contributed by atoms with Gasteiger partial charge in [-0.15, -0.1) is 0 Å². The average molecular weight is 440 g/mol. The first kappa shape index (κ1) is 25.8. The zero-order valence-electron chi connectivity index (χ0n) is 21.1. The normalized spacial score (nSPS) is 18.3. The molecule has 0 spiro atoms. The molecule has 0 bridgehead atoms. The molecule has 176 valence electrons. The Labute approximate surface area is 194 Å². The molecule has 5 nitrogen and oxygen atoms in total. The molecule has 1 aliphatic carbocycles. The summed E-state index contributed by atoms with van der Waals surface area (Å²) in [5, 5.41) is 9.30. The molecule has 2 unspecified atom stereocenters. The highest BCUT2D eigenvalue weighted by atomic mass is 16.4. The van der Waals surface area contributed by atoms with Crippen LogP contribution in [0.1, 0.15) is 78.1 Å². The summed E-state index contributed by atoms with van der Waals surface area (Å²) < 4.78 is 0. The van der Waals surface area contributed by atoms with Gasteiger partial charge in [0.25, 0.3) is 0 Å². The Morgan fingerprint density at radius 2 is 1.97 bits per heavy atom. The van der Waals surface area contributed by atoms with Crippen LogP contribution >= 0.6 is 0 Å². The lowest BCUT2D eigenvalue weighted by molar-refractivity contribution is 0.0696. The lowest BCUT2D eigenvalue weighted by Crippen LogP contribution is -2.33.